The summed E-state index contributed by atoms with van der Waals surface area (Å²) in [7, 11) is -3.54. The van der Waals surface area contributed by atoms with Crippen LogP contribution in [0.3, 0.4) is 0 Å². The fourth-order valence-electron chi connectivity index (χ4n) is 3.94. The van der Waals surface area contributed by atoms with Crippen molar-refractivity contribution in [1.29, 1.82) is 0 Å². The van der Waals surface area contributed by atoms with Crippen LogP contribution in [-0.2, 0) is 10.0 Å². The second kappa shape index (κ2) is 5.18. The maximum atomic E-state index is 12.7. The van der Waals surface area contributed by atoms with Crippen molar-refractivity contribution in [3.05, 3.63) is 95.6 Å². The minimum Gasteiger partial charge on any atom is -0.339 e. The van der Waals surface area contributed by atoms with Gasteiger partial charge in [-0.2, -0.15) is 4.72 Å². The van der Waals surface area contributed by atoms with E-state index in [1.54, 1.807) is 12.1 Å². The van der Waals surface area contributed by atoms with Crippen molar-refractivity contribution in [2.75, 3.05) is 4.90 Å². The first kappa shape index (κ1) is 14.7. The summed E-state index contributed by atoms with van der Waals surface area (Å²) < 4.78 is 28.3. The fraction of sp³-hybridized carbons (Fsp3) is 0.100. The highest BCUT2D eigenvalue weighted by Gasteiger charge is 2.46. The van der Waals surface area contributed by atoms with Crippen LogP contribution in [0.2, 0.25) is 0 Å². The number of sulfonamides is 1. The van der Waals surface area contributed by atoms with Crippen LogP contribution in [0.25, 0.3) is 0 Å². The predicted molar refractivity (Wildman–Crippen MR) is 96.7 cm³/mol. The lowest BCUT2D eigenvalue weighted by molar-refractivity contribution is 0.528. The highest BCUT2D eigenvalue weighted by atomic mass is 32.2. The lowest BCUT2D eigenvalue weighted by Gasteiger charge is -2.38. The van der Waals surface area contributed by atoms with E-state index in [1.807, 2.05) is 48.5 Å². The number of rotatable bonds is 1. The molecule has 0 aromatic heterocycles. The topological polar surface area (TPSA) is 49.4 Å². The molecule has 4 nitrogen and oxygen atoms in total. The number of anilines is 1. The Bertz CT molecular complexity index is 1060. The van der Waals surface area contributed by atoms with Gasteiger partial charge in [0, 0.05) is 0 Å². The van der Waals surface area contributed by atoms with Gasteiger partial charge in [0.25, 0.3) is 0 Å². The number of nitrogens with zero attached hydrogens (tertiary/aromatic N) is 1. The van der Waals surface area contributed by atoms with Gasteiger partial charge in [-0.3, -0.25) is 0 Å². The summed E-state index contributed by atoms with van der Waals surface area (Å²) in [6, 6.07) is 25.5. The van der Waals surface area contributed by atoms with Crippen molar-refractivity contribution in [3.8, 4) is 0 Å². The normalized spacial score (nSPS) is 22.8. The van der Waals surface area contributed by atoms with E-state index in [1.165, 1.54) is 0 Å². The molecule has 1 N–H and O–H groups in total. The molecule has 2 aliphatic rings. The second-order valence-electron chi connectivity index (χ2n) is 6.34. The minimum absolute atomic E-state index is 0.0217. The predicted octanol–water partition coefficient (Wildman–Crippen LogP) is 3.59. The largest absolute Gasteiger partial charge is 0.339 e. The Labute approximate surface area is 146 Å². The smallest absolute Gasteiger partial charge is 0.244 e. The van der Waals surface area contributed by atoms with Crippen LogP contribution in [0, 0.1) is 0 Å². The van der Waals surface area contributed by atoms with Crippen LogP contribution in [-0.4, -0.2) is 8.42 Å². The monoisotopic (exact) mass is 348 g/mol. The second-order valence-corrected chi connectivity index (χ2v) is 8.02. The summed E-state index contributed by atoms with van der Waals surface area (Å²) in [6.45, 7) is 0. The maximum absolute atomic E-state index is 12.7. The van der Waals surface area contributed by atoms with E-state index >= 15 is 0 Å². The van der Waals surface area contributed by atoms with Gasteiger partial charge in [0.2, 0.25) is 10.0 Å². The van der Waals surface area contributed by atoms with E-state index in [4.69, 9.17) is 0 Å². The summed E-state index contributed by atoms with van der Waals surface area (Å²) in [6.07, 6.45) is -0.388. The zero-order valence-electron chi connectivity index (χ0n) is 13.3. The molecule has 0 aliphatic carbocycles. The molecule has 3 aromatic carbocycles. The van der Waals surface area contributed by atoms with E-state index in [-0.39, 0.29) is 12.2 Å². The number of hydrogen-bond donors (Lipinski definition) is 1. The molecule has 3 aromatic rings. The van der Waals surface area contributed by atoms with Crippen LogP contribution in [0.1, 0.15) is 28.9 Å². The summed E-state index contributed by atoms with van der Waals surface area (Å²) in [5.74, 6) is 0. The fourth-order valence-corrected chi connectivity index (χ4v) is 5.31. The SMILES string of the molecule is O=S1(=O)NC2c3ccccc3C(c3ccccc3)N2c2ccccc21. The number of nitrogens with one attached hydrogen (secondary N) is 1. The highest BCUT2D eigenvalue weighted by molar-refractivity contribution is 7.89. The van der Waals surface area contributed by atoms with Crippen molar-refractivity contribution in [1.82, 2.24) is 4.72 Å². The van der Waals surface area contributed by atoms with Gasteiger partial charge in [-0.25, -0.2) is 8.42 Å². The number of fused-ring (bicyclic) bond motifs is 5. The molecule has 2 aliphatic heterocycles. The molecule has 0 saturated heterocycles. The van der Waals surface area contributed by atoms with Gasteiger partial charge in [0.15, 0.2) is 0 Å². The number of hydrogen-bond acceptors (Lipinski definition) is 3. The standard InChI is InChI=1S/C20H16N2O2S/c23-25(24)18-13-7-6-12-17(18)22-19(14-8-2-1-3-9-14)15-10-4-5-11-16(15)20(22)21-25/h1-13,19-21H. The molecule has 25 heavy (non-hydrogen) atoms. The molecule has 124 valence electrons. The molecule has 2 heterocycles. The number of para-hydroxylation sites is 1. The van der Waals surface area contributed by atoms with Crippen molar-refractivity contribution < 1.29 is 8.42 Å². The molecule has 0 fully saturated rings. The first-order chi connectivity index (χ1) is 12.2. The van der Waals surface area contributed by atoms with E-state index in [0.29, 0.717) is 4.90 Å². The van der Waals surface area contributed by atoms with E-state index in [2.05, 4.69) is 27.8 Å². The Hall–Kier alpha value is -2.63. The van der Waals surface area contributed by atoms with Crippen LogP contribution >= 0.6 is 0 Å². The molecule has 5 rings (SSSR count). The highest BCUT2D eigenvalue weighted by Crippen LogP contribution is 2.50. The molecule has 0 spiro atoms. The minimum atomic E-state index is -3.54. The first-order valence-electron chi connectivity index (χ1n) is 8.20. The molecule has 5 heteroatoms. The van der Waals surface area contributed by atoms with Crippen molar-refractivity contribution in [3.63, 3.8) is 0 Å². The average Bonchev–Trinajstić information content (AvgIpc) is 2.96. The third kappa shape index (κ3) is 2.06. The maximum Gasteiger partial charge on any atom is 0.244 e. The van der Waals surface area contributed by atoms with Crippen LogP contribution < -0.4 is 9.62 Å². The summed E-state index contributed by atoms with van der Waals surface area (Å²) in [4.78, 5) is 2.51. The third-order valence-corrected chi connectivity index (χ3v) is 6.41. The third-order valence-electron chi connectivity index (χ3n) is 4.96. The Kier molecular flexibility index (Phi) is 3.04. The van der Waals surface area contributed by atoms with Gasteiger partial charge in [-0.1, -0.05) is 66.7 Å². The molecule has 2 atom stereocenters. The average molecular weight is 348 g/mol. The molecule has 0 radical (unpaired) electrons. The molecule has 0 amide bonds. The quantitative estimate of drug-likeness (QED) is 0.731. The Morgan fingerprint density at radius 3 is 2.20 bits per heavy atom. The Balaban J connectivity index is 1.81. The zero-order chi connectivity index (χ0) is 17.0. The molecule has 2 unspecified atom stereocenters. The van der Waals surface area contributed by atoms with Crippen LogP contribution in [0.15, 0.2) is 83.8 Å². The summed E-state index contributed by atoms with van der Waals surface area (Å²) >= 11 is 0. The van der Waals surface area contributed by atoms with Gasteiger partial charge in [0.05, 0.1) is 11.7 Å². The van der Waals surface area contributed by atoms with Crippen LogP contribution in [0.4, 0.5) is 5.69 Å². The van der Waals surface area contributed by atoms with E-state index in [9.17, 15) is 8.42 Å². The van der Waals surface area contributed by atoms with Crippen molar-refractivity contribution >= 4 is 15.7 Å². The van der Waals surface area contributed by atoms with Gasteiger partial charge in [-0.05, 0) is 28.8 Å². The Morgan fingerprint density at radius 2 is 1.40 bits per heavy atom. The molecular weight excluding hydrogens is 332 g/mol. The lowest BCUT2D eigenvalue weighted by Crippen LogP contribution is -2.44. The lowest BCUT2D eigenvalue weighted by atomic mass is 9.98. The van der Waals surface area contributed by atoms with Gasteiger partial charge >= 0.3 is 0 Å². The Morgan fingerprint density at radius 1 is 0.760 bits per heavy atom. The zero-order valence-corrected chi connectivity index (χ0v) is 14.1. The van der Waals surface area contributed by atoms with Gasteiger partial charge in [0.1, 0.15) is 11.1 Å². The molecule has 0 saturated carbocycles. The number of benzene rings is 3. The first-order valence-corrected chi connectivity index (χ1v) is 9.68. The van der Waals surface area contributed by atoms with Gasteiger partial charge in [-0.15, -0.1) is 0 Å². The summed E-state index contributed by atoms with van der Waals surface area (Å²) in [5, 5.41) is 0. The van der Waals surface area contributed by atoms with Crippen molar-refractivity contribution in [2.24, 2.45) is 0 Å². The van der Waals surface area contributed by atoms with Gasteiger partial charge < -0.3 is 4.90 Å². The van der Waals surface area contributed by atoms with E-state index in [0.717, 1.165) is 22.4 Å². The van der Waals surface area contributed by atoms with Crippen LogP contribution in [0.5, 0.6) is 0 Å². The summed E-state index contributed by atoms with van der Waals surface area (Å²) in [5.41, 5.74) is 4.04. The van der Waals surface area contributed by atoms with E-state index < -0.39 is 10.0 Å². The molecular formula is C20H16N2O2S. The molecule has 0 bridgehead atoms. The van der Waals surface area contributed by atoms with Crippen molar-refractivity contribution in [2.45, 2.75) is 17.1 Å².